The Balaban J connectivity index is 2.41. The molecule has 0 aromatic rings. The van der Waals surface area contributed by atoms with Gasteiger partial charge in [0.05, 0.1) is 19.3 Å². The molecule has 0 aliphatic carbocycles. The van der Waals surface area contributed by atoms with E-state index in [4.69, 9.17) is 20.5 Å². The first kappa shape index (κ1) is 8.29. The Hall–Kier alpha value is -0.810. The van der Waals surface area contributed by atoms with E-state index in [0.29, 0.717) is 0 Å². The summed E-state index contributed by atoms with van der Waals surface area (Å²) in [6, 6.07) is 0. The number of hydrogen-bond acceptors (Lipinski definition) is 4. The Morgan fingerprint density at radius 2 is 2.36 bits per heavy atom. The highest BCUT2D eigenvalue weighted by molar-refractivity contribution is 4.84. The Bertz CT molecular complexity index is 180. The van der Waals surface area contributed by atoms with E-state index in [9.17, 15) is 0 Å². The van der Waals surface area contributed by atoms with Crippen molar-refractivity contribution in [2.75, 3.05) is 13.2 Å². The monoisotopic (exact) mass is 159 g/mol. The fourth-order valence-electron chi connectivity index (χ4n) is 0.945. The SMILES string of the molecule is [N-]=[N+]=NC[C@H]1OC[C@H](O)[C@@H]1O. The normalized spacial score (nSPS) is 36.7. The molecule has 6 nitrogen and oxygen atoms in total. The van der Waals surface area contributed by atoms with Crippen LogP contribution in [0.2, 0.25) is 0 Å². The highest BCUT2D eigenvalue weighted by atomic mass is 16.5. The highest BCUT2D eigenvalue weighted by Gasteiger charge is 2.33. The summed E-state index contributed by atoms with van der Waals surface area (Å²) >= 11 is 0. The molecule has 0 unspecified atom stereocenters. The molecular formula is C5H9N3O3. The fraction of sp³-hybridized carbons (Fsp3) is 1.00. The molecule has 62 valence electrons. The van der Waals surface area contributed by atoms with Crippen molar-refractivity contribution in [1.82, 2.24) is 0 Å². The van der Waals surface area contributed by atoms with Gasteiger partial charge in [-0.25, -0.2) is 0 Å². The zero-order valence-electron chi connectivity index (χ0n) is 5.79. The van der Waals surface area contributed by atoms with Crippen LogP contribution in [0.15, 0.2) is 5.11 Å². The van der Waals surface area contributed by atoms with Crippen LogP contribution in [0.3, 0.4) is 0 Å². The molecule has 0 saturated carbocycles. The van der Waals surface area contributed by atoms with Crippen LogP contribution in [-0.4, -0.2) is 41.7 Å². The van der Waals surface area contributed by atoms with E-state index in [2.05, 4.69) is 10.0 Å². The van der Waals surface area contributed by atoms with E-state index < -0.39 is 18.3 Å². The van der Waals surface area contributed by atoms with Gasteiger partial charge in [-0.15, -0.1) is 0 Å². The van der Waals surface area contributed by atoms with Gasteiger partial charge in [0.2, 0.25) is 0 Å². The van der Waals surface area contributed by atoms with Gasteiger partial charge in [0, 0.05) is 4.91 Å². The van der Waals surface area contributed by atoms with Crippen molar-refractivity contribution < 1.29 is 14.9 Å². The maximum Gasteiger partial charge on any atom is 0.108 e. The van der Waals surface area contributed by atoms with Crippen molar-refractivity contribution in [3.63, 3.8) is 0 Å². The lowest BCUT2D eigenvalue weighted by atomic mass is 10.1. The first-order valence-electron chi connectivity index (χ1n) is 3.24. The van der Waals surface area contributed by atoms with Crippen LogP contribution in [0.1, 0.15) is 0 Å². The van der Waals surface area contributed by atoms with Gasteiger partial charge in [-0.2, -0.15) is 0 Å². The van der Waals surface area contributed by atoms with Crippen LogP contribution in [0.5, 0.6) is 0 Å². The fourth-order valence-corrected chi connectivity index (χ4v) is 0.945. The van der Waals surface area contributed by atoms with E-state index in [1.54, 1.807) is 0 Å². The Kier molecular flexibility index (Phi) is 2.67. The molecule has 11 heavy (non-hydrogen) atoms. The zero-order chi connectivity index (χ0) is 8.27. The molecule has 2 N–H and O–H groups in total. The van der Waals surface area contributed by atoms with Crippen LogP contribution in [-0.2, 0) is 4.74 Å². The van der Waals surface area contributed by atoms with Gasteiger partial charge in [-0.1, -0.05) is 5.11 Å². The average Bonchev–Trinajstić information content (AvgIpc) is 2.31. The van der Waals surface area contributed by atoms with E-state index in [1.165, 1.54) is 0 Å². The number of ether oxygens (including phenoxy) is 1. The van der Waals surface area contributed by atoms with Crippen LogP contribution in [0.25, 0.3) is 10.4 Å². The molecule has 3 atom stereocenters. The maximum absolute atomic E-state index is 9.13. The van der Waals surface area contributed by atoms with Crippen LogP contribution in [0, 0.1) is 0 Å². The molecule has 0 bridgehead atoms. The summed E-state index contributed by atoms with van der Waals surface area (Å²) in [6.45, 7) is 0.168. The van der Waals surface area contributed by atoms with E-state index >= 15 is 0 Å². The molecule has 1 aliphatic rings. The molecule has 1 heterocycles. The number of nitrogens with zero attached hydrogens (tertiary/aromatic N) is 3. The minimum absolute atomic E-state index is 0.0642. The van der Waals surface area contributed by atoms with Crippen LogP contribution < -0.4 is 0 Å². The molecule has 0 radical (unpaired) electrons. The molecule has 0 aromatic heterocycles. The maximum atomic E-state index is 9.13. The molecule has 1 saturated heterocycles. The minimum Gasteiger partial charge on any atom is -0.388 e. The first-order chi connectivity index (χ1) is 5.25. The van der Waals surface area contributed by atoms with Crippen molar-refractivity contribution in [3.8, 4) is 0 Å². The van der Waals surface area contributed by atoms with Gasteiger partial charge in [0.15, 0.2) is 0 Å². The lowest BCUT2D eigenvalue weighted by Gasteiger charge is -2.10. The van der Waals surface area contributed by atoms with Gasteiger partial charge < -0.3 is 14.9 Å². The van der Waals surface area contributed by atoms with Crippen molar-refractivity contribution >= 4 is 0 Å². The number of azide groups is 1. The third-order valence-electron chi connectivity index (χ3n) is 1.58. The number of rotatable bonds is 2. The van der Waals surface area contributed by atoms with Gasteiger partial charge in [0.1, 0.15) is 12.2 Å². The van der Waals surface area contributed by atoms with Gasteiger partial charge >= 0.3 is 0 Å². The Morgan fingerprint density at radius 3 is 2.82 bits per heavy atom. The standard InChI is InChI=1S/C5H9N3O3/c6-8-7-1-4-5(10)3(9)2-11-4/h3-5,9-10H,1-2H2/t3-,4+,5-/m0/s1. The van der Waals surface area contributed by atoms with Crippen molar-refractivity contribution in [1.29, 1.82) is 0 Å². The molecule has 1 rings (SSSR count). The number of hydrogen-bond donors (Lipinski definition) is 2. The summed E-state index contributed by atoms with van der Waals surface area (Å²) in [7, 11) is 0. The molecule has 0 amide bonds. The minimum atomic E-state index is -0.930. The van der Waals surface area contributed by atoms with Crippen molar-refractivity contribution in [3.05, 3.63) is 10.4 Å². The molecule has 0 aromatic carbocycles. The second-order valence-corrected chi connectivity index (χ2v) is 2.34. The smallest absolute Gasteiger partial charge is 0.108 e. The van der Waals surface area contributed by atoms with Gasteiger partial charge in [-0.3, -0.25) is 0 Å². The lowest BCUT2D eigenvalue weighted by Crippen LogP contribution is -2.31. The zero-order valence-corrected chi connectivity index (χ0v) is 5.79. The van der Waals surface area contributed by atoms with Gasteiger partial charge in [-0.05, 0) is 5.53 Å². The molecule has 1 aliphatic heterocycles. The number of aliphatic hydroxyl groups is 2. The van der Waals surface area contributed by atoms with Crippen molar-refractivity contribution in [2.24, 2.45) is 5.11 Å². The number of aliphatic hydroxyl groups excluding tert-OH is 2. The first-order valence-corrected chi connectivity index (χ1v) is 3.24. The average molecular weight is 159 g/mol. The molecule has 6 heteroatoms. The third kappa shape index (κ3) is 1.81. The second-order valence-electron chi connectivity index (χ2n) is 2.34. The van der Waals surface area contributed by atoms with E-state index in [-0.39, 0.29) is 13.2 Å². The summed E-state index contributed by atoms with van der Waals surface area (Å²) in [5.41, 5.74) is 7.94. The van der Waals surface area contributed by atoms with Crippen molar-refractivity contribution in [2.45, 2.75) is 18.3 Å². The molecule has 0 spiro atoms. The summed E-state index contributed by atoms with van der Waals surface area (Å²) in [5, 5.41) is 21.3. The third-order valence-corrected chi connectivity index (χ3v) is 1.58. The Labute approximate surface area is 63.0 Å². The topological polar surface area (TPSA) is 98.5 Å². The predicted octanol–water partition coefficient (Wildman–Crippen LogP) is -0.583. The molecule has 1 fully saturated rings. The Morgan fingerprint density at radius 1 is 1.64 bits per heavy atom. The van der Waals surface area contributed by atoms with Gasteiger partial charge in [0.25, 0.3) is 0 Å². The van der Waals surface area contributed by atoms with Crippen LogP contribution in [0.4, 0.5) is 0 Å². The largest absolute Gasteiger partial charge is 0.388 e. The quantitative estimate of drug-likeness (QED) is 0.320. The predicted molar refractivity (Wildman–Crippen MR) is 35.8 cm³/mol. The summed E-state index contributed by atoms with van der Waals surface area (Å²) in [4.78, 5) is 2.51. The van der Waals surface area contributed by atoms with Crippen LogP contribution >= 0.6 is 0 Å². The summed E-state index contributed by atoms with van der Waals surface area (Å²) in [5.74, 6) is 0. The lowest BCUT2D eigenvalue weighted by molar-refractivity contribution is 0.0276. The second kappa shape index (κ2) is 3.54. The summed E-state index contributed by atoms with van der Waals surface area (Å²) < 4.78 is 4.91. The summed E-state index contributed by atoms with van der Waals surface area (Å²) in [6.07, 6.45) is -2.34. The highest BCUT2D eigenvalue weighted by Crippen LogP contribution is 2.14. The van der Waals surface area contributed by atoms with E-state index in [1.807, 2.05) is 0 Å². The van der Waals surface area contributed by atoms with E-state index in [0.717, 1.165) is 0 Å². The molecular weight excluding hydrogens is 150 g/mol.